The van der Waals surface area contributed by atoms with E-state index in [1.165, 1.54) is 23.5 Å². The van der Waals surface area contributed by atoms with E-state index < -0.39 is 0 Å². The molecular formula is C24H10O4S2. The maximum absolute atomic E-state index is 13.4. The fourth-order valence-corrected chi connectivity index (χ4v) is 6.38. The Kier molecular flexibility index (Phi) is 3.61. The van der Waals surface area contributed by atoms with Gasteiger partial charge in [0.05, 0.1) is 9.81 Å². The number of carbonyl (C=O) groups excluding carboxylic acids is 4. The summed E-state index contributed by atoms with van der Waals surface area (Å²) >= 11 is 2.48. The van der Waals surface area contributed by atoms with Gasteiger partial charge in [-0.3, -0.25) is 19.2 Å². The highest BCUT2D eigenvalue weighted by Crippen LogP contribution is 2.51. The van der Waals surface area contributed by atoms with Crippen molar-refractivity contribution >= 4 is 46.7 Å². The van der Waals surface area contributed by atoms with Crippen LogP contribution in [-0.2, 0) is 0 Å². The van der Waals surface area contributed by atoms with Gasteiger partial charge in [0.1, 0.15) is 0 Å². The predicted octanol–water partition coefficient (Wildman–Crippen LogP) is 4.95. The minimum Gasteiger partial charge on any atom is -0.289 e. The number of rotatable bonds is 0. The molecule has 4 nitrogen and oxygen atoms in total. The maximum atomic E-state index is 13.4. The van der Waals surface area contributed by atoms with E-state index in [9.17, 15) is 19.2 Å². The van der Waals surface area contributed by atoms with Crippen LogP contribution >= 0.6 is 23.5 Å². The Morgan fingerprint density at radius 1 is 0.433 bits per heavy atom. The molecule has 2 heterocycles. The quantitative estimate of drug-likeness (QED) is 0.371. The maximum Gasteiger partial charge on any atom is 0.202 e. The number of hydrogen-bond acceptors (Lipinski definition) is 6. The number of carbonyl (C=O) groups is 4. The molecule has 142 valence electrons. The van der Waals surface area contributed by atoms with Crippen molar-refractivity contribution in [3.63, 3.8) is 0 Å². The fraction of sp³-hybridized carbons (Fsp3) is 0. The molecule has 0 amide bonds. The van der Waals surface area contributed by atoms with Crippen molar-refractivity contribution in [2.24, 2.45) is 0 Å². The summed E-state index contributed by atoms with van der Waals surface area (Å²) in [5, 5.41) is 0. The third kappa shape index (κ3) is 2.20. The zero-order chi connectivity index (χ0) is 20.6. The minimum atomic E-state index is -0.365. The van der Waals surface area contributed by atoms with E-state index in [-0.39, 0.29) is 39.8 Å². The summed E-state index contributed by atoms with van der Waals surface area (Å²) in [5.41, 5.74) is 1.86. The van der Waals surface area contributed by atoms with Crippen LogP contribution in [0.15, 0.2) is 80.3 Å². The molecule has 6 heteroatoms. The van der Waals surface area contributed by atoms with Gasteiger partial charge in [0.2, 0.25) is 11.6 Å². The van der Waals surface area contributed by atoms with Crippen LogP contribution in [0.4, 0.5) is 0 Å². The van der Waals surface area contributed by atoms with Gasteiger partial charge in [0.15, 0.2) is 11.6 Å². The molecule has 0 spiro atoms. The summed E-state index contributed by atoms with van der Waals surface area (Å²) in [6, 6.07) is 17.2. The highest BCUT2D eigenvalue weighted by Gasteiger charge is 2.41. The highest BCUT2D eigenvalue weighted by molar-refractivity contribution is 8.08. The molecule has 3 aromatic rings. The van der Waals surface area contributed by atoms with Crippen molar-refractivity contribution in [1.29, 1.82) is 0 Å². The van der Waals surface area contributed by atoms with E-state index in [1.54, 1.807) is 48.5 Å². The molecule has 0 N–H and O–H groups in total. The Morgan fingerprint density at radius 2 is 1.03 bits per heavy atom. The van der Waals surface area contributed by atoms with Crippen molar-refractivity contribution in [1.82, 2.24) is 0 Å². The summed E-state index contributed by atoms with van der Waals surface area (Å²) in [6.07, 6.45) is 0. The Labute approximate surface area is 179 Å². The second kappa shape index (κ2) is 6.14. The van der Waals surface area contributed by atoms with Gasteiger partial charge in [0.25, 0.3) is 0 Å². The zero-order valence-corrected chi connectivity index (χ0v) is 16.9. The lowest BCUT2D eigenvalue weighted by atomic mass is 9.81. The molecule has 0 saturated heterocycles. The standard InChI is InChI=1S/C24H10O4S2/c25-19-11-5-1-2-6-12(11)20(26)17-14(19)9-10-16-18(17)22(28)24(30-16)23-21(27)13-7-3-4-8-15(13)29-23/h1-10H/b24-23-. The summed E-state index contributed by atoms with van der Waals surface area (Å²) in [6.45, 7) is 0. The third-order valence-electron chi connectivity index (χ3n) is 5.46. The predicted molar refractivity (Wildman–Crippen MR) is 114 cm³/mol. The van der Waals surface area contributed by atoms with Crippen LogP contribution in [0.25, 0.3) is 0 Å². The topological polar surface area (TPSA) is 68.3 Å². The van der Waals surface area contributed by atoms with E-state index in [0.717, 1.165) is 4.90 Å². The molecule has 0 unspecified atom stereocenters. The van der Waals surface area contributed by atoms with Crippen LogP contribution in [-0.4, -0.2) is 23.1 Å². The number of allylic oxidation sites excluding steroid dienone is 2. The first-order chi connectivity index (χ1) is 14.6. The molecule has 3 aliphatic rings. The molecule has 0 atom stereocenters. The average molecular weight is 426 g/mol. The first kappa shape index (κ1) is 17.6. The number of benzene rings is 3. The number of ketones is 4. The summed E-state index contributed by atoms with van der Waals surface area (Å²) in [4.78, 5) is 54.6. The fourth-order valence-electron chi connectivity index (χ4n) is 4.07. The number of Topliss-reactive ketones (excluding diaryl/α,β-unsaturated/α-hetero) is 2. The largest absolute Gasteiger partial charge is 0.289 e. The van der Waals surface area contributed by atoms with Crippen molar-refractivity contribution in [3.05, 3.63) is 104 Å². The molecule has 0 radical (unpaired) electrons. The van der Waals surface area contributed by atoms with Crippen molar-refractivity contribution in [2.45, 2.75) is 9.79 Å². The van der Waals surface area contributed by atoms with E-state index in [0.29, 0.717) is 31.4 Å². The number of hydrogen-bond donors (Lipinski definition) is 0. The third-order valence-corrected chi connectivity index (χ3v) is 7.91. The second-order valence-electron chi connectivity index (χ2n) is 7.08. The lowest BCUT2D eigenvalue weighted by molar-refractivity contribution is 0.0970. The Bertz CT molecular complexity index is 1410. The normalized spacial score (nSPS) is 18.9. The molecule has 0 fully saturated rings. The molecule has 0 aromatic heterocycles. The van der Waals surface area contributed by atoms with Crippen LogP contribution in [0.2, 0.25) is 0 Å². The molecule has 6 rings (SSSR count). The second-order valence-corrected chi connectivity index (χ2v) is 9.19. The van der Waals surface area contributed by atoms with Crippen LogP contribution in [0, 0.1) is 0 Å². The molecule has 30 heavy (non-hydrogen) atoms. The van der Waals surface area contributed by atoms with Gasteiger partial charge in [-0.1, -0.05) is 59.9 Å². The first-order valence-corrected chi connectivity index (χ1v) is 10.8. The minimum absolute atomic E-state index is 0.150. The first-order valence-electron chi connectivity index (χ1n) is 9.20. The van der Waals surface area contributed by atoms with Gasteiger partial charge in [0, 0.05) is 43.2 Å². The molecule has 2 aliphatic heterocycles. The summed E-state index contributed by atoms with van der Waals surface area (Å²) in [5.74, 6) is -1.14. The number of thioether (sulfide) groups is 2. The van der Waals surface area contributed by atoms with E-state index in [2.05, 4.69) is 0 Å². The SMILES string of the molecule is O=C1/C(=C2/Sc3ccc4c(c3C2=O)C(=O)c2ccccc2C4=O)Sc2ccccc21. The van der Waals surface area contributed by atoms with Crippen LogP contribution in [0.3, 0.4) is 0 Å². The van der Waals surface area contributed by atoms with Crippen molar-refractivity contribution in [2.75, 3.05) is 0 Å². The van der Waals surface area contributed by atoms with Gasteiger partial charge in [-0.15, -0.1) is 0 Å². The van der Waals surface area contributed by atoms with Gasteiger partial charge >= 0.3 is 0 Å². The molecule has 3 aromatic carbocycles. The molecule has 0 bridgehead atoms. The van der Waals surface area contributed by atoms with Crippen molar-refractivity contribution in [3.8, 4) is 0 Å². The molecular weight excluding hydrogens is 416 g/mol. The Morgan fingerprint density at radius 3 is 1.77 bits per heavy atom. The van der Waals surface area contributed by atoms with Crippen molar-refractivity contribution < 1.29 is 19.2 Å². The van der Waals surface area contributed by atoms with Crippen LogP contribution in [0.1, 0.15) is 52.6 Å². The van der Waals surface area contributed by atoms with E-state index in [4.69, 9.17) is 0 Å². The van der Waals surface area contributed by atoms with E-state index >= 15 is 0 Å². The average Bonchev–Trinajstić information content (AvgIpc) is 3.28. The summed E-state index contributed by atoms with van der Waals surface area (Å²) < 4.78 is 0. The Hall–Kier alpha value is -3.22. The smallest absolute Gasteiger partial charge is 0.202 e. The van der Waals surface area contributed by atoms with Gasteiger partial charge in [-0.25, -0.2) is 0 Å². The summed E-state index contributed by atoms with van der Waals surface area (Å²) in [7, 11) is 0. The van der Waals surface area contributed by atoms with Crippen LogP contribution in [0.5, 0.6) is 0 Å². The Balaban J connectivity index is 1.53. The van der Waals surface area contributed by atoms with E-state index in [1.807, 2.05) is 12.1 Å². The zero-order valence-electron chi connectivity index (χ0n) is 15.2. The molecule has 1 aliphatic carbocycles. The monoisotopic (exact) mass is 426 g/mol. The lowest BCUT2D eigenvalue weighted by Gasteiger charge is -2.19. The highest BCUT2D eigenvalue weighted by atomic mass is 32.2. The van der Waals surface area contributed by atoms with Crippen LogP contribution < -0.4 is 0 Å². The molecule has 0 saturated carbocycles. The van der Waals surface area contributed by atoms with Gasteiger partial charge in [-0.2, -0.15) is 0 Å². The number of fused-ring (bicyclic) bond motifs is 5. The lowest BCUT2D eigenvalue weighted by Crippen LogP contribution is -2.23. The van der Waals surface area contributed by atoms with Gasteiger partial charge < -0.3 is 0 Å². The van der Waals surface area contributed by atoms with Gasteiger partial charge in [-0.05, 0) is 24.3 Å².